The monoisotopic (exact) mass is 447 g/mol. The molecular weight excluding hydrogens is 430 g/mol. The van der Waals surface area contributed by atoms with Crippen LogP contribution in [0.5, 0.6) is 11.5 Å². The number of carbonyl (C=O) groups excluding carboxylic acids is 2. The minimum absolute atomic E-state index is 0.117. The lowest BCUT2D eigenvalue weighted by Crippen LogP contribution is -2.09. The van der Waals surface area contributed by atoms with Crippen molar-refractivity contribution in [3.63, 3.8) is 0 Å². The molecule has 0 saturated heterocycles. The van der Waals surface area contributed by atoms with Gasteiger partial charge in [0.05, 0.1) is 23.3 Å². The number of hydrogen-bond donors (Lipinski definition) is 0. The molecule has 1 heterocycles. The van der Waals surface area contributed by atoms with Crippen molar-refractivity contribution in [3.8, 4) is 11.5 Å². The maximum absolute atomic E-state index is 12.4. The molecule has 32 heavy (non-hydrogen) atoms. The number of halogens is 1. The smallest absolute Gasteiger partial charge is 0.363 e. The summed E-state index contributed by atoms with van der Waals surface area (Å²) in [4.78, 5) is 29.0. The maximum atomic E-state index is 12.4. The van der Waals surface area contributed by atoms with Gasteiger partial charge in [0.25, 0.3) is 0 Å². The highest BCUT2D eigenvalue weighted by Crippen LogP contribution is 2.31. The number of rotatable bonds is 5. The lowest BCUT2D eigenvalue weighted by Gasteiger charge is -2.10. The molecule has 0 spiro atoms. The molecule has 0 aromatic heterocycles. The third kappa shape index (κ3) is 4.55. The van der Waals surface area contributed by atoms with E-state index < -0.39 is 11.9 Å². The molecule has 0 aliphatic carbocycles. The van der Waals surface area contributed by atoms with Crippen LogP contribution in [0.4, 0.5) is 0 Å². The Kier molecular flexibility index (Phi) is 6.05. The van der Waals surface area contributed by atoms with Gasteiger partial charge in [-0.05, 0) is 55.0 Å². The van der Waals surface area contributed by atoms with Crippen molar-refractivity contribution in [1.82, 2.24) is 0 Å². The van der Waals surface area contributed by atoms with Gasteiger partial charge in [-0.2, -0.15) is 0 Å². The van der Waals surface area contributed by atoms with Gasteiger partial charge in [0, 0.05) is 0 Å². The summed E-state index contributed by atoms with van der Waals surface area (Å²) in [7, 11) is 1.47. The Morgan fingerprint density at radius 2 is 1.78 bits per heavy atom. The number of ether oxygens (including phenoxy) is 3. The highest BCUT2D eigenvalue weighted by atomic mass is 35.5. The van der Waals surface area contributed by atoms with Crippen molar-refractivity contribution in [2.24, 2.45) is 4.99 Å². The van der Waals surface area contributed by atoms with Gasteiger partial charge < -0.3 is 14.2 Å². The summed E-state index contributed by atoms with van der Waals surface area (Å²) in [6.07, 6.45) is 1.56. The first kappa shape index (κ1) is 21.3. The summed E-state index contributed by atoms with van der Waals surface area (Å²) in [5, 5.41) is 0.432. The molecule has 1 aliphatic rings. The zero-order chi connectivity index (χ0) is 22.7. The lowest BCUT2D eigenvalue weighted by molar-refractivity contribution is -0.129. The Morgan fingerprint density at radius 3 is 2.50 bits per heavy atom. The second kappa shape index (κ2) is 9.08. The number of aliphatic imine (C=N–C) groups is 1. The standard InChI is InChI=1S/C25H18ClNO5/c1-15-7-10-17(11-8-15)24(28)31-21-12-9-16(14-22(21)30-2)13-20-25(29)32-23(27-20)18-5-3-4-6-19(18)26/h3-14H,1-2H3/b20-13-. The van der Waals surface area contributed by atoms with E-state index >= 15 is 0 Å². The number of aryl methyl sites for hydroxylation is 1. The first-order valence-corrected chi connectivity index (χ1v) is 10.1. The maximum Gasteiger partial charge on any atom is 0.363 e. The predicted octanol–water partition coefficient (Wildman–Crippen LogP) is 5.22. The van der Waals surface area contributed by atoms with Gasteiger partial charge in [0.15, 0.2) is 17.2 Å². The molecule has 0 saturated carbocycles. The molecule has 0 unspecified atom stereocenters. The van der Waals surface area contributed by atoms with E-state index in [-0.39, 0.29) is 17.3 Å². The fourth-order valence-corrected chi connectivity index (χ4v) is 3.24. The van der Waals surface area contributed by atoms with Gasteiger partial charge in [-0.25, -0.2) is 14.6 Å². The number of hydrogen-bond acceptors (Lipinski definition) is 6. The van der Waals surface area contributed by atoms with Crippen molar-refractivity contribution >= 4 is 35.5 Å². The molecule has 0 radical (unpaired) electrons. The molecule has 0 amide bonds. The van der Waals surface area contributed by atoms with Gasteiger partial charge in [0.1, 0.15) is 0 Å². The quantitative estimate of drug-likeness (QED) is 0.304. The van der Waals surface area contributed by atoms with E-state index in [1.807, 2.05) is 19.1 Å². The summed E-state index contributed by atoms with van der Waals surface area (Å²) in [5.41, 5.74) is 2.74. The van der Waals surface area contributed by atoms with Gasteiger partial charge in [-0.1, -0.05) is 47.5 Å². The van der Waals surface area contributed by atoms with Gasteiger partial charge in [-0.3, -0.25) is 0 Å². The number of methoxy groups -OCH3 is 1. The molecule has 3 aromatic rings. The SMILES string of the molecule is COc1cc(/C=C2\N=C(c3ccccc3Cl)OC2=O)ccc1OC(=O)c1ccc(C)cc1. The molecule has 6 nitrogen and oxygen atoms in total. The first-order valence-electron chi connectivity index (χ1n) is 9.69. The Hall–Kier alpha value is -3.90. The Balaban J connectivity index is 1.58. The molecule has 4 rings (SSSR count). The van der Waals surface area contributed by atoms with E-state index in [0.29, 0.717) is 27.5 Å². The fourth-order valence-electron chi connectivity index (χ4n) is 3.02. The zero-order valence-corrected chi connectivity index (χ0v) is 18.1. The van der Waals surface area contributed by atoms with E-state index in [1.165, 1.54) is 7.11 Å². The molecule has 1 aliphatic heterocycles. The summed E-state index contributed by atoms with van der Waals surface area (Å²) < 4.78 is 16.1. The highest BCUT2D eigenvalue weighted by Gasteiger charge is 2.25. The zero-order valence-electron chi connectivity index (χ0n) is 17.3. The minimum atomic E-state index is -0.589. The summed E-state index contributed by atoms with van der Waals surface area (Å²) >= 11 is 6.16. The number of cyclic esters (lactones) is 1. The van der Waals surface area contributed by atoms with Gasteiger partial charge in [-0.15, -0.1) is 0 Å². The van der Waals surface area contributed by atoms with Crippen LogP contribution < -0.4 is 9.47 Å². The summed E-state index contributed by atoms with van der Waals surface area (Å²) in [6, 6.07) is 18.9. The molecule has 7 heteroatoms. The molecule has 160 valence electrons. The van der Waals surface area contributed by atoms with E-state index in [9.17, 15) is 9.59 Å². The number of benzene rings is 3. The summed E-state index contributed by atoms with van der Waals surface area (Å²) in [6.45, 7) is 1.94. The van der Waals surface area contributed by atoms with Crippen molar-refractivity contribution in [2.45, 2.75) is 6.92 Å². The van der Waals surface area contributed by atoms with Gasteiger partial charge in [0.2, 0.25) is 5.90 Å². The predicted molar refractivity (Wildman–Crippen MR) is 121 cm³/mol. The Morgan fingerprint density at radius 1 is 1.03 bits per heavy atom. The third-order valence-electron chi connectivity index (χ3n) is 4.71. The van der Waals surface area contributed by atoms with Crippen LogP contribution in [0.15, 0.2) is 77.4 Å². The van der Waals surface area contributed by atoms with Crippen LogP contribution in [0.25, 0.3) is 6.08 Å². The normalized spacial score (nSPS) is 14.2. The number of nitrogens with zero attached hydrogens (tertiary/aromatic N) is 1. The summed E-state index contributed by atoms with van der Waals surface area (Å²) in [5.74, 6) is -0.352. The lowest BCUT2D eigenvalue weighted by atomic mass is 10.1. The molecule has 0 fully saturated rings. The minimum Gasteiger partial charge on any atom is -0.493 e. The Bertz CT molecular complexity index is 1260. The molecule has 0 N–H and O–H groups in total. The van der Waals surface area contributed by atoms with Crippen LogP contribution in [-0.2, 0) is 9.53 Å². The fraction of sp³-hybridized carbons (Fsp3) is 0.0800. The largest absolute Gasteiger partial charge is 0.493 e. The Labute approximate surface area is 189 Å². The average molecular weight is 448 g/mol. The number of carbonyl (C=O) groups is 2. The number of esters is 2. The third-order valence-corrected chi connectivity index (χ3v) is 5.04. The van der Waals surface area contributed by atoms with Crippen LogP contribution in [0, 0.1) is 6.92 Å². The van der Waals surface area contributed by atoms with Crippen molar-refractivity contribution in [3.05, 3.63) is 99.7 Å². The first-order chi connectivity index (χ1) is 15.4. The second-order valence-electron chi connectivity index (χ2n) is 6.98. The van der Waals surface area contributed by atoms with Crippen LogP contribution in [-0.4, -0.2) is 24.9 Å². The van der Waals surface area contributed by atoms with Crippen LogP contribution in [0.3, 0.4) is 0 Å². The molecule has 3 aromatic carbocycles. The average Bonchev–Trinajstić information content (AvgIpc) is 3.15. The van der Waals surface area contributed by atoms with Gasteiger partial charge >= 0.3 is 11.9 Å². The van der Waals surface area contributed by atoms with Crippen LogP contribution >= 0.6 is 11.6 Å². The van der Waals surface area contributed by atoms with E-state index in [0.717, 1.165) is 5.56 Å². The second-order valence-corrected chi connectivity index (χ2v) is 7.39. The van der Waals surface area contributed by atoms with Crippen molar-refractivity contribution in [2.75, 3.05) is 7.11 Å². The topological polar surface area (TPSA) is 74.2 Å². The van der Waals surface area contributed by atoms with E-state index in [4.69, 9.17) is 25.8 Å². The van der Waals surface area contributed by atoms with Crippen molar-refractivity contribution < 1.29 is 23.8 Å². The van der Waals surface area contributed by atoms with Crippen LogP contribution in [0.2, 0.25) is 5.02 Å². The highest BCUT2D eigenvalue weighted by molar-refractivity contribution is 6.34. The van der Waals surface area contributed by atoms with Crippen molar-refractivity contribution in [1.29, 1.82) is 0 Å². The molecule has 0 bridgehead atoms. The van der Waals surface area contributed by atoms with Crippen LogP contribution in [0.1, 0.15) is 27.0 Å². The van der Waals surface area contributed by atoms with E-state index in [2.05, 4.69) is 4.99 Å². The molecular formula is C25H18ClNO5. The molecule has 0 atom stereocenters. The van der Waals surface area contributed by atoms with E-state index in [1.54, 1.807) is 60.7 Å².